The first-order chi connectivity index (χ1) is 11.0. The third kappa shape index (κ3) is 3.18. The number of halogens is 1. The van der Waals surface area contributed by atoms with Crippen molar-refractivity contribution in [2.45, 2.75) is 17.9 Å². The molecule has 0 spiro atoms. The fraction of sp³-hybridized carbons (Fsp3) is 0.267. The number of hydrogen-bond acceptors (Lipinski definition) is 5. The van der Waals surface area contributed by atoms with Gasteiger partial charge in [0.1, 0.15) is 12.0 Å². The van der Waals surface area contributed by atoms with E-state index in [2.05, 4.69) is 4.72 Å². The van der Waals surface area contributed by atoms with Crippen LogP contribution in [0.4, 0.5) is 5.69 Å². The third-order valence-corrected chi connectivity index (χ3v) is 5.28. The van der Waals surface area contributed by atoms with Gasteiger partial charge in [-0.15, -0.1) is 12.4 Å². The van der Waals surface area contributed by atoms with E-state index in [0.717, 1.165) is 11.3 Å². The van der Waals surface area contributed by atoms with Gasteiger partial charge in [-0.1, -0.05) is 0 Å². The largest absolute Gasteiger partial charge is 0.467 e. The molecule has 0 aliphatic carbocycles. The fourth-order valence-corrected chi connectivity index (χ4v) is 3.41. The Hall–Kier alpha value is -1.87. The normalized spacial score (nSPS) is 13.5. The molecular formula is C15H18ClN3O4S. The summed E-state index contributed by atoms with van der Waals surface area (Å²) < 4.78 is 31.2. The van der Waals surface area contributed by atoms with Gasteiger partial charge in [0.25, 0.3) is 5.91 Å². The molecule has 1 amide bonds. The van der Waals surface area contributed by atoms with Crippen LogP contribution in [0.1, 0.15) is 21.7 Å². The first-order valence-corrected chi connectivity index (χ1v) is 8.60. The van der Waals surface area contributed by atoms with Crippen molar-refractivity contribution in [3.8, 4) is 0 Å². The van der Waals surface area contributed by atoms with Crippen molar-refractivity contribution >= 4 is 34.0 Å². The summed E-state index contributed by atoms with van der Waals surface area (Å²) in [5.41, 5.74) is 7.47. The molecule has 7 nitrogen and oxygen atoms in total. The van der Waals surface area contributed by atoms with Crippen LogP contribution in [-0.4, -0.2) is 27.9 Å². The second-order valence-corrected chi connectivity index (χ2v) is 7.10. The van der Waals surface area contributed by atoms with Crippen molar-refractivity contribution in [1.82, 2.24) is 4.72 Å². The van der Waals surface area contributed by atoms with E-state index in [1.54, 1.807) is 23.1 Å². The summed E-state index contributed by atoms with van der Waals surface area (Å²) >= 11 is 0. The molecule has 2 heterocycles. The Morgan fingerprint density at radius 1 is 1.38 bits per heavy atom. The van der Waals surface area contributed by atoms with Gasteiger partial charge >= 0.3 is 0 Å². The number of furan rings is 1. The van der Waals surface area contributed by atoms with Crippen LogP contribution in [0.2, 0.25) is 0 Å². The highest BCUT2D eigenvalue weighted by Gasteiger charge is 2.28. The highest BCUT2D eigenvalue weighted by Crippen LogP contribution is 2.31. The molecule has 1 aromatic heterocycles. The number of hydrogen-bond donors (Lipinski definition) is 2. The maximum absolute atomic E-state index is 12.6. The van der Waals surface area contributed by atoms with Crippen LogP contribution < -0.4 is 15.4 Å². The number of rotatable bonds is 4. The van der Waals surface area contributed by atoms with Crippen LogP contribution in [0, 0.1) is 0 Å². The van der Waals surface area contributed by atoms with Gasteiger partial charge in [0.2, 0.25) is 10.0 Å². The Morgan fingerprint density at radius 3 is 2.75 bits per heavy atom. The fourth-order valence-electron chi connectivity index (χ4n) is 2.63. The maximum atomic E-state index is 12.6. The maximum Gasteiger partial charge on any atom is 0.261 e. The summed E-state index contributed by atoms with van der Waals surface area (Å²) in [4.78, 5) is 14.4. The predicted molar refractivity (Wildman–Crippen MR) is 91.9 cm³/mol. The van der Waals surface area contributed by atoms with Crippen LogP contribution in [0.15, 0.2) is 39.8 Å². The summed E-state index contributed by atoms with van der Waals surface area (Å²) in [5.74, 6) is 0.361. The lowest BCUT2D eigenvalue weighted by Gasteiger charge is -2.16. The van der Waals surface area contributed by atoms with Crippen molar-refractivity contribution < 1.29 is 17.6 Å². The van der Waals surface area contributed by atoms with Crippen LogP contribution >= 0.6 is 12.4 Å². The van der Waals surface area contributed by atoms with E-state index in [1.165, 1.54) is 19.4 Å². The molecule has 1 aliphatic rings. The van der Waals surface area contributed by atoms with Gasteiger partial charge in [-0.2, -0.15) is 0 Å². The number of nitrogens with one attached hydrogen (secondary N) is 1. The summed E-state index contributed by atoms with van der Waals surface area (Å²) in [7, 11) is -2.12. The monoisotopic (exact) mass is 371 g/mol. The lowest BCUT2D eigenvalue weighted by molar-refractivity contribution is 0.0989. The zero-order chi connectivity index (χ0) is 16.6. The van der Waals surface area contributed by atoms with Gasteiger partial charge in [0, 0.05) is 12.2 Å². The average molecular weight is 372 g/mol. The molecule has 1 aromatic carbocycles. The van der Waals surface area contributed by atoms with Gasteiger partial charge in [-0.25, -0.2) is 13.1 Å². The first kappa shape index (κ1) is 18.5. The molecular weight excluding hydrogens is 354 g/mol. The minimum Gasteiger partial charge on any atom is -0.467 e. The van der Waals surface area contributed by atoms with E-state index in [4.69, 9.17) is 10.2 Å². The molecule has 0 radical (unpaired) electrons. The van der Waals surface area contributed by atoms with Crippen LogP contribution in [0.25, 0.3) is 0 Å². The smallest absolute Gasteiger partial charge is 0.261 e. The van der Waals surface area contributed by atoms with Gasteiger partial charge in [-0.3, -0.25) is 4.79 Å². The van der Waals surface area contributed by atoms with E-state index < -0.39 is 10.0 Å². The number of benzene rings is 1. The summed E-state index contributed by atoms with van der Waals surface area (Å²) in [6.45, 7) is 0.732. The quantitative estimate of drug-likeness (QED) is 0.841. The van der Waals surface area contributed by atoms with E-state index in [9.17, 15) is 13.2 Å². The molecule has 24 heavy (non-hydrogen) atoms. The highest BCUT2D eigenvalue weighted by molar-refractivity contribution is 7.89. The summed E-state index contributed by atoms with van der Waals surface area (Å²) in [6.07, 6.45) is 2.00. The lowest BCUT2D eigenvalue weighted by Crippen LogP contribution is -2.28. The number of anilines is 1. The molecule has 0 saturated carbocycles. The molecule has 0 atom stereocenters. The third-order valence-electron chi connectivity index (χ3n) is 3.87. The minimum atomic E-state index is -3.49. The Balaban J connectivity index is 0.00000208. The van der Waals surface area contributed by atoms with Crippen LogP contribution in [-0.2, 0) is 23.0 Å². The summed E-state index contributed by atoms with van der Waals surface area (Å²) in [6, 6.07) is 6.39. The molecule has 1 aliphatic heterocycles. The van der Waals surface area contributed by atoms with E-state index in [-0.39, 0.29) is 29.8 Å². The van der Waals surface area contributed by atoms with Crippen molar-refractivity contribution in [1.29, 1.82) is 0 Å². The van der Waals surface area contributed by atoms with E-state index >= 15 is 0 Å². The Kier molecular flexibility index (Phi) is 5.34. The van der Waals surface area contributed by atoms with Gasteiger partial charge < -0.3 is 15.1 Å². The second-order valence-electron chi connectivity index (χ2n) is 5.21. The number of carbonyl (C=O) groups excluding carboxylic acids is 1. The van der Waals surface area contributed by atoms with E-state index in [0.29, 0.717) is 24.3 Å². The molecule has 0 bridgehead atoms. The van der Waals surface area contributed by atoms with Crippen molar-refractivity contribution in [2.24, 2.45) is 5.73 Å². The number of carbonyl (C=O) groups is 1. The molecule has 2 aromatic rings. The van der Waals surface area contributed by atoms with Crippen molar-refractivity contribution in [2.75, 3.05) is 18.5 Å². The predicted octanol–water partition coefficient (Wildman–Crippen LogP) is 1.27. The molecule has 9 heteroatoms. The number of fused-ring (bicyclic) bond motifs is 1. The minimum absolute atomic E-state index is 0. The SMILES string of the molecule is CNS(=O)(=O)c1ccc2c(c1)CCN2C(=O)c1coc(CN)c1.Cl. The van der Waals surface area contributed by atoms with Gasteiger partial charge in [0.05, 0.1) is 17.0 Å². The first-order valence-electron chi connectivity index (χ1n) is 7.12. The van der Waals surface area contributed by atoms with Crippen molar-refractivity contribution in [3.63, 3.8) is 0 Å². The second kappa shape index (κ2) is 6.94. The Bertz CT molecular complexity index is 863. The Labute approximate surface area is 146 Å². The number of sulfonamides is 1. The Morgan fingerprint density at radius 2 is 2.12 bits per heavy atom. The van der Waals surface area contributed by atoms with Crippen molar-refractivity contribution in [3.05, 3.63) is 47.4 Å². The molecule has 3 N–H and O–H groups in total. The zero-order valence-electron chi connectivity index (χ0n) is 13.0. The van der Waals surface area contributed by atoms with Crippen LogP contribution in [0.3, 0.4) is 0 Å². The molecule has 3 rings (SSSR count). The molecule has 0 saturated heterocycles. The molecule has 130 valence electrons. The highest BCUT2D eigenvalue weighted by atomic mass is 35.5. The van der Waals surface area contributed by atoms with Gasteiger partial charge in [-0.05, 0) is 43.3 Å². The molecule has 0 unspecified atom stereocenters. The van der Waals surface area contributed by atoms with E-state index in [1.807, 2.05) is 0 Å². The summed E-state index contributed by atoms with van der Waals surface area (Å²) in [5, 5.41) is 0. The lowest BCUT2D eigenvalue weighted by atomic mass is 10.2. The standard InChI is InChI=1S/C15H17N3O4S.ClH/c1-17-23(20,21)13-2-3-14-10(7-13)4-5-18(14)15(19)11-6-12(8-16)22-9-11;/h2-3,6-7,9,17H,4-5,8,16H2,1H3;1H. The average Bonchev–Trinajstić information content (AvgIpc) is 3.20. The van der Waals surface area contributed by atoms with Gasteiger partial charge in [0.15, 0.2) is 0 Å². The topological polar surface area (TPSA) is 106 Å². The number of amides is 1. The van der Waals surface area contributed by atoms with Crippen LogP contribution in [0.5, 0.6) is 0 Å². The number of nitrogens with two attached hydrogens (primary N) is 1. The molecule has 0 fully saturated rings. The zero-order valence-corrected chi connectivity index (χ0v) is 14.6. The number of nitrogens with zero attached hydrogens (tertiary/aromatic N) is 1.